The summed E-state index contributed by atoms with van der Waals surface area (Å²) in [6.07, 6.45) is 11.7. The summed E-state index contributed by atoms with van der Waals surface area (Å²) in [6.45, 7) is 0. The van der Waals surface area contributed by atoms with Crippen molar-refractivity contribution in [1.82, 2.24) is 19.5 Å². The van der Waals surface area contributed by atoms with Gasteiger partial charge in [0.2, 0.25) is 5.95 Å². The Morgan fingerprint density at radius 1 is 1.19 bits per heavy atom. The fourth-order valence-electron chi connectivity index (χ4n) is 3.06. The summed E-state index contributed by atoms with van der Waals surface area (Å²) in [6, 6.07) is 0.400. The molecule has 2 N–H and O–H groups in total. The first-order valence-electron chi connectivity index (χ1n) is 7.92. The molecule has 2 heterocycles. The molecule has 0 aliphatic heterocycles. The Balaban J connectivity index is 1.79. The Morgan fingerprint density at radius 3 is 2.57 bits per heavy atom. The average molecular weight is 289 g/mol. The molecule has 2 aromatic rings. The van der Waals surface area contributed by atoms with Crippen LogP contribution in [0, 0.1) is 0 Å². The van der Waals surface area contributed by atoms with Crippen LogP contribution in [-0.4, -0.2) is 25.6 Å². The minimum absolute atomic E-state index is 0.175. The van der Waals surface area contributed by atoms with Gasteiger partial charge in [0.15, 0.2) is 11.2 Å². The van der Waals surface area contributed by atoms with E-state index in [0.29, 0.717) is 23.2 Å². The third-order valence-corrected chi connectivity index (χ3v) is 4.27. The molecule has 3 rings (SSSR count). The SMILES string of the molecule is Cn1cnc2c(=O)[nH]c(NC3CCCCCCCC3)nc21. The standard InChI is InChI=1S/C15H23N5O/c1-20-10-16-12-13(20)18-15(19-14(12)21)17-11-8-6-4-2-3-5-7-9-11/h10-11H,2-9H2,1H3,(H2,17,18,19,21). The molecule has 6 nitrogen and oxygen atoms in total. The van der Waals surface area contributed by atoms with Crippen LogP contribution >= 0.6 is 0 Å². The summed E-state index contributed by atoms with van der Waals surface area (Å²) in [5, 5.41) is 3.42. The largest absolute Gasteiger partial charge is 0.353 e. The zero-order valence-corrected chi connectivity index (χ0v) is 12.6. The first-order chi connectivity index (χ1) is 10.2. The molecule has 0 saturated heterocycles. The van der Waals surface area contributed by atoms with Crippen molar-refractivity contribution < 1.29 is 0 Å². The van der Waals surface area contributed by atoms with Crippen LogP contribution in [0.5, 0.6) is 0 Å². The molecule has 1 fully saturated rings. The highest BCUT2D eigenvalue weighted by atomic mass is 16.1. The molecule has 114 valence electrons. The smallest absolute Gasteiger partial charge is 0.280 e. The number of anilines is 1. The van der Waals surface area contributed by atoms with E-state index in [4.69, 9.17) is 0 Å². The third-order valence-electron chi connectivity index (χ3n) is 4.27. The lowest BCUT2D eigenvalue weighted by atomic mass is 10.1. The highest BCUT2D eigenvalue weighted by molar-refractivity contribution is 5.70. The molecule has 21 heavy (non-hydrogen) atoms. The molecule has 0 aromatic carbocycles. The fourth-order valence-corrected chi connectivity index (χ4v) is 3.06. The highest BCUT2D eigenvalue weighted by Gasteiger charge is 2.13. The first kappa shape index (κ1) is 14.1. The van der Waals surface area contributed by atoms with Crippen LogP contribution in [0.4, 0.5) is 5.95 Å². The molecule has 0 spiro atoms. The topological polar surface area (TPSA) is 75.6 Å². The number of aryl methyl sites for hydroxylation is 1. The number of aromatic amines is 1. The summed E-state index contributed by atoms with van der Waals surface area (Å²) < 4.78 is 1.78. The normalized spacial score (nSPS) is 18.1. The van der Waals surface area contributed by atoms with Gasteiger partial charge in [-0.15, -0.1) is 0 Å². The number of nitrogens with one attached hydrogen (secondary N) is 2. The van der Waals surface area contributed by atoms with Gasteiger partial charge in [0.05, 0.1) is 6.33 Å². The number of imidazole rings is 1. The number of fused-ring (bicyclic) bond motifs is 1. The minimum Gasteiger partial charge on any atom is -0.353 e. The van der Waals surface area contributed by atoms with E-state index in [1.54, 1.807) is 10.9 Å². The van der Waals surface area contributed by atoms with Gasteiger partial charge in [-0.2, -0.15) is 4.98 Å². The predicted molar refractivity (Wildman–Crippen MR) is 83.5 cm³/mol. The molecule has 6 heteroatoms. The molecular weight excluding hydrogens is 266 g/mol. The van der Waals surface area contributed by atoms with E-state index in [0.717, 1.165) is 12.8 Å². The number of aromatic nitrogens is 4. The highest BCUT2D eigenvalue weighted by Crippen LogP contribution is 2.19. The van der Waals surface area contributed by atoms with Gasteiger partial charge in [-0.1, -0.05) is 38.5 Å². The van der Waals surface area contributed by atoms with Gasteiger partial charge in [0.1, 0.15) is 0 Å². The van der Waals surface area contributed by atoms with Crippen molar-refractivity contribution in [2.75, 3.05) is 5.32 Å². The average Bonchev–Trinajstić information content (AvgIpc) is 2.88. The van der Waals surface area contributed by atoms with Crippen LogP contribution in [0.3, 0.4) is 0 Å². The summed E-state index contributed by atoms with van der Waals surface area (Å²) in [7, 11) is 1.85. The van der Waals surface area contributed by atoms with Crippen molar-refractivity contribution in [1.29, 1.82) is 0 Å². The molecule has 1 aliphatic carbocycles. The molecule has 2 aromatic heterocycles. The van der Waals surface area contributed by atoms with E-state index in [1.807, 2.05) is 7.05 Å². The van der Waals surface area contributed by atoms with Crippen LogP contribution < -0.4 is 10.9 Å². The van der Waals surface area contributed by atoms with Crippen LogP contribution in [0.15, 0.2) is 11.1 Å². The summed E-state index contributed by atoms with van der Waals surface area (Å²) in [5.41, 5.74) is 0.855. The van der Waals surface area contributed by atoms with Crippen LogP contribution in [0.1, 0.15) is 51.4 Å². The van der Waals surface area contributed by atoms with Crippen LogP contribution in [0.25, 0.3) is 11.2 Å². The molecule has 1 saturated carbocycles. The quantitative estimate of drug-likeness (QED) is 0.891. The van der Waals surface area contributed by atoms with E-state index in [9.17, 15) is 4.79 Å². The van der Waals surface area contributed by atoms with E-state index in [2.05, 4.69) is 20.3 Å². The third kappa shape index (κ3) is 3.25. The maximum Gasteiger partial charge on any atom is 0.280 e. The monoisotopic (exact) mass is 289 g/mol. The Hall–Kier alpha value is -1.85. The minimum atomic E-state index is -0.175. The van der Waals surface area contributed by atoms with E-state index >= 15 is 0 Å². The van der Waals surface area contributed by atoms with Gasteiger partial charge in [-0.05, 0) is 12.8 Å². The molecule has 0 bridgehead atoms. The van der Waals surface area contributed by atoms with Gasteiger partial charge < -0.3 is 9.88 Å². The fraction of sp³-hybridized carbons (Fsp3) is 0.667. The second kappa shape index (κ2) is 6.28. The van der Waals surface area contributed by atoms with E-state index in [-0.39, 0.29) is 5.56 Å². The molecule has 1 aliphatic rings. The lowest BCUT2D eigenvalue weighted by Gasteiger charge is -2.18. The maximum atomic E-state index is 12.0. The van der Waals surface area contributed by atoms with Crippen molar-refractivity contribution >= 4 is 17.1 Å². The Morgan fingerprint density at radius 2 is 1.86 bits per heavy atom. The number of rotatable bonds is 2. The van der Waals surface area contributed by atoms with Gasteiger partial charge in [-0.3, -0.25) is 9.78 Å². The summed E-state index contributed by atoms with van der Waals surface area (Å²) in [4.78, 5) is 23.4. The Kier molecular flexibility index (Phi) is 4.22. The number of nitrogens with zero attached hydrogens (tertiary/aromatic N) is 3. The summed E-state index contributed by atoms with van der Waals surface area (Å²) in [5.74, 6) is 0.570. The molecule has 0 amide bonds. The van der Waals surface area contributed by atoms with Crippen molar-refractivity contribution in [3.05, 3.63) is 16.7 Å². The van der Waals surface area contributed by atoms with Crippen molar-refractivity contribution in [2.45, 2.75) is 57.4 Å². The van der Waals surface area contributed by atoms with Gasteiger partial charge in [-0.25, -0.2) is 4.98 Å². The van der Waals surface area contributed by atoms with E-state index < -0.39 is 0 Å². The van der Waals surface area contributed by atoms with Crippen molar-refractivity contribution in [3.8, 4) is 0 Å². The van der Waals surface area contributed by atoms with Crippen LogP contribution in [-0.2, 0) is 7.05 Å². The predicted octanol–water partition coefficient (Wildman–Crippen LogP) is 2.57. The number of hydrogen-bond acceptors (Lipinski definition) is 4. The lowest BCUT2D eigenvalue weighted by molar-refractivity contribution is 0.560. The second-order valence-corrected chi connectivity index (χ2v) is 5.98. The first-order valence-corrected chi connectivity index (χ1v) is 7.92. The van der Waals surface area contributed by atoms with Crippen molar-refractivity contribution in [3.63, 3.8) is 0 Å². The number of hydrogen-bond donors (Lipinski definition) is 2. The molecule has 0 radical (unpaired) electrons. The lowest BCUT2D eigenvalue weighted by Crippen LogP contribution is -2.23. The number of H-pyrrole nitrogens is 1. The second-order valence-electron chi connectivity index (χ2n) is 5.98. The van der Waals surface area contributed by atoms with Crippen LogP contribution in [0.2, 0.25) is 0 Å². The Labute approximate surface area is 124 Å². The van der Waals surface area contributed by atoms with Gasteiger partial charge in [0.25, 0.3) is 5.56 Å². The van der Waals surface area contributed by atoms with Crippen molar-refractivity contribution in [2.24, 2.45) is 7.05 Å². The molecule has 0 atom stereocenters. The Bertz CT molecular complexity index is 650. The maximum absolute atomic E-state index is 12.0. The molecular formula is C15H23N5O. The van der Waals surface area contributed by atoms with Gasteiger partial charge >= 0.3 is 0 Å². The zero-order valence-electron chi connectivity index (χ0n) is 12.6. The van der Waals surface area contributed by atoms with Gasteiger partial charge in [0, 0.05) is 13.1 Å². The zero-order chi connectivity index (χ0) is 14.7. The summed E-state index contributed by atoms with van der Waals surface area (Å²) >= 11 is 0. The molecule has 0 unspecified atom stereocenters. The van der Waals surface area contributed by atoms with E-state index in [1.165, 1.54) is 38.5 Å².